The van der Waals surface area contributed by atoms with E-state index in [-0.39, 0.29) is 22.9 Å². The summed E-state index contributed by atoms with van der Waals surface area (Å²) in [7, 11) is 0. The second kappa shape index (κ2) is 5.34. The Hall–Kier alpha value is -1.34. The molecule has 0 bridgehead atoms. The summed E-state index contributed by atoms with van der Waals surface area (Å²) in [6.07, 6.45) is -3.20. The van der Waals surface area contributed by atoms with E-state index in [9.17, 15) is 17.6 Å². The summed E-state index contributed by atoms with van der Waals surface area (Å²) in [6, 6.07) is 2.69. The van der Waals surface area contributed by atoms with E-state index in [4.69, 9.17) is 5.41 Å². The molecule has 1 aromatic heterocycles. The highest BCUT2D eigenvalue weighted by molar-refractivity contribution is 7.09. The second-order valence-electron chi connectivity index (χ2n) is 3.68. The number of alkyl halides is 3. The first kappa shape index (κ1) is 15.7. The molecule has 0 aliphatic heterocycles. The Morgan fingerprint density at radius 2 is 1.89 bits per heavy atom. The van der Waals surface area contributed by atoms with E-state index >= 15 is 0 Å². The number of thiazole rings is 1. The molecule has 0 aliphatic carbocycles. The summed E-state index contributed by atoms with van der Waals surface area (Å²) in [5.41, 5.74) is -1.20. The molecule has 104 valence electrons. The number of benzene rings is 1. The lowest BCUT2D eigenvalue weighted by Gasteiger charge is -2.10. The summed E-state index contributed by atoms with van der Waals surface area (Å²) in [4.78, 5) is 0.880. The van der Waals surface area contributed by atoms with Crippen LogP contribution in [0.1, 0.15) is 10.4 Å². The molecule has 2 rings (SSSR count). The van der Waals surface area contributed by atoms with Gasteiger partial charge in [-0.2, -0.15) is 13.2 Å². The summed E-state index contributed by atoms with van der Waals surface area (Å²) in [5, 5.41) is 7.62. The number of hydrogen-bond acceptors (Lipinski definition) is 2. The lowest BCUT2D eigenvalue weighted by Crippen LogP contribution is -2.13. The van der Waals surface area contributed by atoms with E-state index in [0.717, 1.165) is 22.3 Å². The van der Waals surface area contributed by atoms with Gasteiger partial charge >= 0.3 is 6.18 Å². The number of rotatable bonds is 1. The summed E-state index contributed by atoms with van der Waals surface area (Å²) >= 11 is 1.14. The molecule has 0 unspecified atom stereocenters. The van der Waals surface area contributed by atoms with Gasteiger partial charge < -0.3 is 0 Å². The molecule has 2 aromatic rings. The van der Waals surface area contributed by atoms with Crippen molar-refractivity contribution in [3.05, 3.63) is 45.5 Å². The molecule has 0 radical (unpaired) electrons. The monoisotopic (exact) mass is 312 g/mol. The van der Waals surface area contributed by atoms with Crippen molar-refractivity contribution in [1.82, 2.24) is 4.57 Å². The van der Waals surface area contributed by atoms with Crippen LogP contribution in [0.5, 0.6) is 0 Å². The minimum Gasteiger partial charge on any atom is -0.293 e. The van der Waals surface area contributed by atoms with Crippen LogP contribution in [0, 0.1) is 18.2 Å². The van der Waals surface area contributed by atoms with E-state index in [2.05, 4.69) is 0 Å². The van der Waals surface area contributed by atoms with Crippen molar-refractivity contribution >= 4 is 23.7 Å². The number of nitrogens with one attached hydrogen (secondary N) is 1. The minimum absolute atomic E-state index is 0. The Morgan fingerprint density at radius 3 is 2.37 bits per heavy atom. The smallest absolute Gasteiger partial charge is 0.293 e. The predicted octanol–water partition coefficient (Wildman–Crippen LogP) is 3.91. The predicted molar refractivity (Wildman–Crippen MR) is 66.4 cm³/mol. The molecule has 8 heteroatoms. The van der Waals surface area contributed by atoms with Crippen LogP contribution >= 0.6 is 23.7 Å². The van der Waals surface area contributed by atoms with E-state index in [1.165, 1.54) is 10.6 Å². The van der Waals surface area contributed by atoms with Crippen LogP contribution in [0.15, 0.2) is 24.4 Å². The van der Waals surface area contributed by atoms with E-state index in [0.29, 0.717) is 6.07 Å². The van der Waals surface area contributed by atoms with Gasteiger partial charge in [-0.05, 0) is 25.1 Å². The van der Waals surface area contributed by atoms with Crippen LogP contribution in [0.25, 0.3) is 5.69 Å². The third kappa shape index (κ3) is 3.16. The third-order valence-corrected chi connectivity index (χ3v) is 3.14. The number of aromatic nitrogens is 1. The highest BCUT2D eigenvalue weighted by atomic mass is 35.5. The SMILES string of the molecule is Cc1cn(-c2ccc(F)c(C(F)(F)F)c2)c(=N)s1.Cl. The second-order valence-corrected chi connectivity index (χ2v) is 4.91. The quantitative estimate of drug-likeness (QED) is 0.774. The third-order valence-electron chi connectivity index (χ3n) is 2.32. The molecule has 0 atom stereocenters. The fourth-order valence-electron chi connectivity index (χ4n) is 1.54. The lowest BCUT2D eigenvalue weighted by molar-refractivity contribution is -0.140. The number of nitrogens with zero attached hydrogens (tertiary/aromatic N) is 1. The van der Waals surface area contributed by atoms with Crippen molar-refractivity contribution in [1.29, 1.82) is 5.41 Å². The largest absolute Gasteiger partial charge is 0.419 e. The zero-order valence-electron chi connectivity index (χ0n) is 9.58. The lowest BCUT2D eigenvalue weighted by atomic mass is 10.2. The highest BCUT2D eigenvalue weighted by Crippen LogP contribution is 2.32. The van der Waals surface area contributed by atoms with E-state index < -0.39 is 17.6 Å². The number of aryl methyl sites for hydroxylation is 1. The van der Waals surface area contributed by atoms with Gasteiger partial charge in [0.25, 0.3) is 0 Å². The van der Waals surface area contributed by atoms with Crippen molar-refractivity contribution in [2.45, 2.75) is 13.1 Å². The Kier molecular flexibility index (Phi) is 4.42. The van der Waals surface area contributed by atoms with Gasteiger partial charge in [-0.15, -0.1) is 23.7 Å². The van der Waals surface area contributed by atoms with Gasteiger partial charge in [0.15, 0.2) is 4.80 Å². The summed E-state index contributed by atoms with van der Waals surface area (Å²) < 4.78 is 52.1. The van der Waals surface area contributed by atoms with Crippen LogP contribution in [0.3, 0.4) is 0 Å². The van der Waals surface area contributed by atoms with Gasteiger partial charge in [0.2, 0.25) is 0 Å². The molecule has 0 saturated heterocycles. The molecule has 1 heterocycles. The van der Waals surface area contributed by atoms with Crippen LogP contribution < -0.4 is 4.80 Å². The van der Waals surface area contributed by atoms with Crippen molar-refractivity contribution in [2.75, 3.05) is 0 Å². The fraction of sp³-hybridized carbons (Fsp3) is 0.182. The Labute approximate surface area is 116 Å². The maximum Gasteiger partial charge on any atom is 0.419 e. The van der Waals surface area contributed by atoms with Crippen molar-refractivity contribution < 1.29 is 17.6 Å². The standard InChI is InChI=1S/C11H8F4N2S.ClH/c1-6-5-17(10(16)18-6)7-2-3-9(12)8(4-7)11(13,14)15;/h2-5,16H,1H3;1H. The van der Waals surface area contributed by atoms with Crippen LogP contribution in [0.2, 0.25) is 0 Å². The van der Waals surface area contributed by atoms with Crippen LogP contribution in [0.4, 0.5) is 17.6 Å². The fourth-order valence-corrected chi connectivity index (χ4v) is 2.26. The first-order valence-electron chi connectivity index (χ1n) is 4.90. The zero-order valence-corrected chi connectivity index (χ0v) is 11.2. The number of halogens is 5. The van der Waals surface area contributed by atoms with E-state index in [1.807, 2.05) is 0 Å². The normalized spacial score (nSPS) is 11.2. The average Bonchev–Trinajstić information content (AvgIpc) is 2.57. The number of hydrogen-bond donors (Lipinski definition) is 1. The molecule has 1 N–H and O–H groups in total. The molecule has 0 aliphatic rings. The van der Waals surface area contributed by atoms with Crippen molar-refractivity contribution in [3.8, 4) is 5.69 Å². The van der Waals surface area contributed by atoms with Crippen LogP contribution in [-0.2, 0) is 6.18 Å². The first-order chi connectivity index (χ1) is 8.29. The van der Waals surface area contributed by atoms with Crippen molar-refractivity contribution in [2.24, 2.45) is 0 Å². The minimum atomic E-state index is -4.74. The molecule has 1 aromatic carbocycles. The van der Waals surface area contributed by atoms with Crippen molar-refractivity contribution in [3.63, 3.8) is 0 Å². The van der Waals surface area contributed by atoms with E-state index in [1.54, 1.807) is 13.1 Å². The van der Waals surface area contributed by atoms with Gasteiger partial charge in [0.1, 0.15) is 5.82 Å². The maximum absolute atomic E-state index is 13.1. The highest BCUT2D eigenvalue weighted by Gasteiger charge is 2.34. The molecular formula is C11H9ClF4N2S. The molecule has 0 fully saturated rings. The molecule has 0 amide bonds. The molecule has 19 heavy (non-hydrogen) atoms. The zero-order chi connectivity index (χ0) is 13.5. The molecule has 2 nitrogen and oxygen atoms in total. The summed E-state index contributed by atoms with van der Waals surface area (Å²) in [6.45, 7) is 1.74. The Bertz CT molecular complexity index is 645. The summed E-state index contributed by atoms with van der Waals surface area (Å²) in [5.74, 6) is -1.31. The molecule has 0 spiro atoms. The van der Waals surface area contributed by atoms with Gasteiger partial charge in [0.05, 0.1) is 5.56 Å². The molecule has 0 saturated carbocycles. The van der Waals surface area contributed by atoms with Gasteiger partial charge in [-0.3, -0.25) is 9.98 Å². The van der Waals surface area contributed by atoms with Crippen LogP contribution in [-0.4, -0.2) is 4.57 Å². The Morgan fingerprint density at radius 1 is 1.26 bits per heavy atom. The Balaban J connectivity index is 0.00000180. The molecular weight excluding hydrogens is 304 g/mol. The first-order valence-corrected chi connectivity index (χ1v) is 5.71. The topological polar surface area (TPSA) is 28.8 Å². The van der Waals surface area contributed by atoms with Gasteiger partial charge in [0, 0.05) is 16.8 Å². The maximum atomic E-state index is 13.1. The average molecular weight is 313 g/mol. The van der Waals surface area contributed by atoms with Gasteiger partial charge in [-0.25, -0.2) is 4.39 Å². The van der Waals surface area contributed by atoms with Gasteiger partial charge in [-0.1, -0.05) is 0 Å².